The Hall–Kier alpha value is -3.54. The first-order valence-electron chi connectivity index (χ1n) is 11.5. The predicted octanol–water partition coefficient (Wildman–Crippen LogP) is 4.51. The SMILES string of the molecule is O=C(c1nccs1)C12Cc3cnn(-c4ccc(F)cc4)c3C=C1CCN(S(=O)(=O)c1ccc(F)cc1)C2. The van der Waals surface area contributed by atoms with E-state index >= 15 is 0 Å². The number of rotatable bonds is 5. The summed E-state index contributed by atoms with van der Waals surface area (Å²) in [6.07, 6.45) is 5.68. The van der Waals surface area contributed by atoms with Crippen molar-refractivity contribution < 1.29 is 22.0 Å². The Morgan fingerprint density at radius 1 is 1.03 bits per heavy atom. The summed E-state index contributed by atoms with van der Waals surface area (Å²) in [6, 6.07) is 10.6. The molecule has 0 spiro atoms. The minimum absolute atomic E-state index is 0.0289. The number of nitrogens with zero attached hydrogens (tertiary/aromatic N) is 4. The molecule has 1 unspecified atom stereocenters. The van der Waals surface area contributed by atoms with Crippen LogP contribution in [0.15, 0.2) is 76.8 Å². The van der Waals surface area contributed by atoms with E-state index in [1.54, 1.807) is 34.6 Å². The number of ketones is 1. The molecule has 1 atom stereocenters. The molecule has 7 nitrogen and oxygen atoms in total. The van der Waals surface area contributed by atoms with Crippen molar-refractivity contribution in [1.29, 1.82) is 0 Å². The van der Waals surface area contributed by atoms with Gasteiger partial charge in [0.25, 0.3) is 0 Å². The summed E-state index contributed by atoms with van der Waals surface area (Å²) in [5, 5.41) is 6.51. The van der Waals surface area contributed by atoms with Gasteiger partial charge in [-0.25, -0.2) is 26.9 Å². The highest BCUT2D eigenvalue weighted by Gasteiger charge is 2.51. The zero-order chi connectivity index (χ0) is 25.8. The molecule has 0 amide bonds. The number of aromatic nitrogens is 3. The minimum Gasteiger partial charge on any atom is -0.290 e. The third-order valence-electron chi connectivity index (χ3n) is 6.96. The second-order valence-electron chi connectivity index (χ2n) is 9.08. The molecule has 2 aromatic carbocycles. The molecule has 6 rings (SSSR count). The number of halogens is 2. The average Bonchev–Trinajstić information content (AvgIpc) is 3.57. The Bertz CT molecular complexity index is 1630. The highest BCUT2D eigenvalue weighted by molar-refractivity contribution is 7.89. The highest BCUT2D eigenvalue weighted by Crippen LogP contribution is 2.47. The largest absolute Gasteiger partial charge is 0.290 e. The molecule has 0 saturated carbocycles. The lowest BCUT2D eigenvalue weighted by Gasteiger charge is -2.44. The third-order valence-corrected chi connectivity index (χ3v) is 9.60. The van der Waals surface area contributed by atoms with Gasteiger partial charge in [0.1, 0.15) is 11.6 Å². The summed E-state index contributed by atoms with van der Waals surface area (Å²) >= 11 is 1.21. The molecule has 1 aliphatic heterocycles. The van der Waals surface area contributed by atoms with E-state index in [9.17, 15) is 22.0 Å². The van der Waals surface area contributed by atoms with E-state index < -0.39 is 21.3 Å². The lowest BCUT2D eigenvalue weighted by molar-refractivity contribution is 0.0775. The Morgan fingerprint density at radius 3 is 2.41 bits per heavy atom. The summed E-state index contributed by atoms with van der Waals surface area (Å²) in [6.45, 7) is 0.0938. The molecular weight excluding hydrogens is 518 g/mol. The van der Waals surface area contributed by atoms with E-state index in [-0.39, 0.29) is 36.0 Å². The van der Waals surface area contributed by atoms with Crippen LogP contribution >= 0.6 is 11.3 Å². The number of thiazole rings is 1. The fourth-order valence-corrected chi connectivity index (χ4v) is 7.28. The van der Waals surface area contributed by atoms with Crippen molar-refractivity contribution in [3.05, 3.63) is 99.8 Å². The van der Waals surface area contributed by atoms with Gasteiger partial charge in [0.05, 0.1) is 27.9 Å². The summed E-state index contributed by atoms with van der Waals surface area (Å²) in [5.41, 5.74) is 1.87. The van der Waals surface area contributed by atoms with Gasteiger partial charge in [0.2, 0.25) is 15.8 Å². The molecule has 188 valence electrons. The predicted molar refractivity (Wildman–Crippen MR) is 134 cm³/mol. The van der Waals surface area contributed by atoms with Gasteiger partial charge in [-0.05, 0) is 73.0 Å². The van der Waals surface area contributed by atoms with E-state index in [1.165, 1.54) is 39.9 Å². The quantitative estimate of drug-likeness (QED) is 0.349. The summed E-state index contributed by atoms with van der Waals surface area (Å²) in [7, 11) is -3.98. The normalized spacial score (nSPS) is 19.7. The lowest BCUT2D eigenvalue weighted by atomic mass is 9.66. The fourth-order valence-electron chi connectivity index (χ4n) is 5.10. The maximum Gasteiger partial charge on any atom is 0.243 e. The molecule has 11 heteroatoms. The minimum atomic E-state index is -3.98. The standard InChI is InChI=1S/C26H20F2N4O3S2/c27-19-1-5-21(6-2-19)32-23-13-18-9-11-31(37(34,35)22-7-3-20(28)4-8-22)16-26(18,14-17(23)15-30-32)24(33)25-29-10-12-36-25/h1-8,10,12-13,15H,9,11,14,16H2. The van der Waals surface area contributed by atoms with E-state index in [0.29, 0.717) is 17.1 Å². The molecule has 1 fully saturated rings. The molecule has 2 aromatic heterocycles. The molecular formula is C26H20F2N4O3S2. The van der Waals surface area contributed by atoms with Gasteiger partial charge in [-0.15, -0.1) is 11.3 Å². The van der Waals surface area contributed by atoms with Crippen LogP contribution in [0.25, 0.3) is 11.8 Å². The molecule has 1 aliphatic carbocycles. The second kappa shape index (κ2) is 8.79. The van der Waals surface area contributed by atoms with Crippen LogP contribution in [0.5, 0.6) is 0 Å². The van der Waals surface area contributed by atoms with Gasteiger partial charge in [0.15, 0.2) is 5.01 Å². The number of piperidine rings is 1. The van der Waals surface area contributed by atoms with E-state index in [4.69, 9.17) is 0 Å². The summed E-state index contributed by atoms with van der Waals surface area (Å²) in [4.78, 5) is 18.2. The first kappa shape index (κ1) is 23.8. The van der Waals surface area contributed by atoms with Gasteiger partial charge in [-0.1, -0.05) is 5.57 Å². The Kier molecular flexibility index (Phi) is 5.66. The second-order valence-corrected chi connectivity index (χ2v) is 11.9. The zero-order valence-electron chi connectivity index (χ0n) is 19.3. The third kappa shape index (κ3) is 3.94. The number of benzene rings is 2. The van der Waals surface area contributed by atoms with Crippen molar-refractivity contribution in [3.63, 3.8) is 0 Å². The Morgan fingerprint density at radius 2 is 1.73 bits per heavy atom. The van der Waals surface area contributed by atoms with Crippen LogP contribution in [0, 0.1) is 17.0 Å². The van der Waals surface area contributed by atoms with Gasteiger partial charge in [-0.2, -0.15) is 9.40 Å². The van der Waals surface area contributed by atoms with Crippen molar-refractivity contribution in [1.82, 2.24) is 19.1 Å². The topological polar surface area (TPSA) is 85.2 Å². The Balaban J connectivity index is 1.44. The molecule has 0 N–H and O–H groups in total. The van der Waals surface area contributed by atoms with E-state index in [1.807, 2.05) is 6.08 Å². The van der Waals surface area contributed by atoms with Crippen LogP contribution in [0.2, 0.25) is 0 Å². The average molecular weight is 539 g/mol. The number of carbonyl (C=O) groups is 1. The maximum atomic E-state index is 14.0. The zero-order valence-corrected chi connectivity index (χ0v) is 21.0. The van der Waals surface area contributed by atoms with Crippen molar-refractivity contribution in [2.75, 3.05) is 13.1 Å². The van der Waals surface area contributed by atoms with Crippen LogP contribution in [-0.2, 0) is 16.4 Å². The van der Waals surface area contributed by atoms with Crippen LogP contribution in [0.4, 0.5) is 8.78 Å². The summed E-state index contributed by atoms with van der Waals surface area (Å²) < 4.78 is 56.9. The monoisotopic (exact) mass is 538 g/mol. The van der Waals surface area contributed by atoms with Crippen LogP contribution in [0.3, 0.4) is 0 Å². The smallest absolute Gasteiger partial charge is 0.243 e. The van der Waals surface area contributed by atoms with Crippen molar-refractivity contribution >= 4 is 33.2 Å². The first-order chi connectivity index (χ1) is 17.8. The fraction of sp³-hybridized carbons (Fsp3) is 0.192. The number of hydrogen-bond donors (Lipinski definition) is 0. The molecule has 0 radical (unpaired) electrons. The number of hydrogen-bond acceptors (Lipinski definition) is 6. The molecule has 1 saturated heterocycles. The van der Waals surface area contributed by atoms with E-state index in [0.717, 1.165) is 29.0 Å². The first-order valence-corrected chi connectivity index (χ1v) is 13.8. The van der Waals surface area contributed by atoms with E-state index in [2.05, 4.69) is 10.1 Å². The van der Waals surface area contributed by atoms with Gasteiger partial charge >= 0.3 is 0 Å². The van der Waals surface area contributed by atoms with Crippen LogP contribution < -0.4 is 0 Å². The molecule has 4 aromatic rings. The maximum absolute atomic E-state index is 14.0. The highest BCUT2D eigenvalue weighted by atomic mass is 32.2. The van der Waals surface area contributed by atoms with Gasteiger partial charge in [-0.3, -0.25) is 4.79 Å². The Labute approximate surface area is 215 Å². The molecule has 3 heterocycles. The van der Waals surface area contributed by atoms with Crippen molar-refractivity contribution in [3.8, 4) is 5.69 Å². The van der Waals surface area contributed by atoms with Gasteiger partial charge < -0.3 is 0 Å². The van der Waals surface area contributed by atoms with Crippen molar-refractivity contribution in [2.45, 2.75) is 17.7 Å². The lowest BCUT2D eigenvalue weighted by Crippen LogP contribution is -2.53. The number of carbonyl (C=O) groups excluding carboxylic acids is 1. The van der Waals surface area contributed by atoms with Crippen LogP contribution in [0.1, 0.15) is 27.5 Å². The number of fused-ring (bicyclic) bond motifs is 2. The molecule has 0 bridgehead atoms. The number of Topliss-reactive ketones (excluding diaryl/α,β-unsaturated/α-hetero) is 1. The summed E-state index contributed by atoms with van der Waals surface area (Å²) in [5.74, 6) is -1.13. The van der Waals surface area contributed by atoms with Crippen LogP contribution in [-0.4, -0.2) is 46.4 Å². The van der Waals surface area contributed by atoms with Crippen molar-refractivity contribution in [2.24, 2.45) is 5.41 Å². The van der Waals surface area contributed by atoms with Gasteiger partial charge in [0, 0.05) is 24.7 Å². The molecule has 2 aliphatic rings. The molecule has 37 heavy (non-hydrogen) atoms. The number of sulfonamides is 1.